The molecule has 2 aliphatic heterocycles. The second-order valence-electron chi connectivity index (χ2n) is 7.54. The van der Waals surface area contributed by atoms with E-state index in [2.05, 4.69) is 0 Å². The van der Waals surface area contributed by atoms with Gasteiger partial charge in [-0.05, 0) is 25.0 Å². The van der Waals surface area contributed by atoms with E-state index in [9.17, 15) is 14.4 Å². The van der Waals surface area contributed by atoms with Crippen molar-refractivity contribution < 1.29 is 23.9 Å². The number of aryl methyl sites for hydroxylation is 1. The molecule has 3 rings (SSSR count). The van der Waals surface area contributed by atoms with Crippen molar-refractivity contribution in [1.82, 2.24) is 9.80 Å². The first kappa shape index (κ1) is 20.5. The van der Waals surface area contributed by atoms with Crippen molar-refractivity contribution in [2.24, 2.45) is 0 Å². The molecule has 0 radical (unpaired) electrons. The number of ether oxygens (including phenoxy) is 2. The highest BCUT2D eigenvalue weighted by Gasteiger charge is 2.54. The van der Waals surface area contributed by atoms with Gasteiger partial charge in [0.2, 0.25) is 17.7 Å². The standard InChI is InChI=1S/C21H28N2O5/c1-4-23-19(25)12-21(20(23)26,17-8-6-5-7-15(17)2)11-18(24)22(3)13-16-14-27-9-10-28-16/h5-8,16H,4,9-14H2,1-3H3. The third kappa shape index (κ3) is 3.82. The number of carbonyl (C=O) groups excluding carboxylic acids is 3. The van der Waals surface area contributed by atoms with E-state index in [0.717, 1.165) is 11.1 Å². The Balaban J connectivity index is 1.86. The van der Waals surface area contributed by atoms with Gasteiger partial charge < -0.3 is 14.4 Å². The van der Waals surface area contributed by atoms with Gasteiger partial charge in [-0.3, -0.25) is 19.3 Å². The van der Waals surface area contributed by atoms with Crippen molar-refractivity contribution in [3.05, 3.63) is 35.4 Å². The van der Waals surface area contributed by atoms with Crippen LogP contribution >= 0.6 is 0 Å². The monoisotopic (exact) mass is 388 g/mol. The Labute approximate surface area is 165 Å². The van der Waals surface area contributed by atoms with Gasteiger partial charge in [0, 0.05) is 33.0 Å². The SMILES string of the molecule is CCN1C(=O)CC(CC(=O)N(C)CC2COCCO2)(c2ccccc2C)C1=O. The average molecular weight is 388 g/mol. The van der Waals surface area contributed by atoms with E-state index in [1.54, 1.807) is 18.9 Å². The Morgan fingerprint density at radius 2 is 2.04 bits per heavy atom. The number of likely N-dealkylation sites (N-methyl/N-ethyl adjacent to an activating group) is 2. The third-order valence-corrected chi connectivity index (χ3v) is 5.63. The zero-order chi connectivity index (χ0) is 20.3. The molecule has 3 amide bonds. The highest BCUT2D eigenvalue weighted by Crippen LogP contribution is 2.41. The molecule has 0 saturated carbocycles. The number of hydrogen-bond donors (Lipinski definition) is 0. The predicted octanol–water partition coefficient (Wildman–Crippen LogP) is 1.28. The smallest absolute Gasteiger partial charge is 0.240 e. The van der Waals surface area contributed by atoms with Gasteiger partial charge in [-0.2, -0.15) is 0 Å². The lowest BCUT2D eigenvalue weighted by Gasteiger charge is -2.32. The minimum absolute atomic E-state index is 0.0210. The van der Waals surface area contributed by atoms with Gasteiger partial charge >= 0.3 is 0 Å². The van der Waals surface area contributed by atoms with E-state index < -0.39 is 5.41 Å². The summed E-state index contributed by atoms with van der Waals surface area (Å²) in [5.74, 6) is -0.694. The minimum Gasteiger partial charge on any atom is -0.376 e. The molecular formula is C21H28N2O5. The fourth-order valence-electron chi connectivity index (χ4n) is 4.12. The van der Waals surface area contributed by atoms with Crippen molar-refractivity contribution in [2.45, 2.75) is 38.2 Å². The first-order valence-corrected chi connectivity index (χ1v) is 9.73. The van der Waals surface area contributed by atoms with E-state index in [1.807, 2.05) is 31.2 Å². The maximum atomic E-state index is 13.3. The average Bonchev–Trinajstić information content (AvgIpc) is 2.92. The minimum atomic E-state index is -1.15. The van der Waals surface area contributed by atoms with Crippen LogP contribution in [0.3, 0.4) is 0 Å². The molecule has 0 spiro atoms. The molecule has 0 aliphatic carbocycles. The van der Waals surface area contributed by atoms with Crippen LogP contribution in [0.25, 0.3) is 0 Å². The van der Waals surface area contributed by atoms with Crippen LogP contribution in [-0.4, -0.2) is 73.6 Å². The molecule has 2 heterocycles. The molecule has 0 bridgehead atoms. The number of imide groups is 1. The summed E-state index contributed by atoms with van der Waals surface area (Å²) in [7, 11) is 1.70. The maximum absolute atomic E-state index is 13.3. The lowest BCUT2D eigenvalue weighted by molar-refractivity contribution is -0.143. The largest absolute Gasteiger partial charge is 0.376 e. The summed E-state index contributed by atoms with van der Waals surface area (Å²) in [6.45, 7) is 5.90. The van der Waals surface area contributed by atoms with Gasteiger partial charge in [0.05, 0.1) is 31.3 Å². The van der Waals surface area contributed by atoms with Crippen LogP contribution in [0.5, 0.6) is 0 Å². The van der Waals surface area contributed by atoms with Gasteiger partial charge in [-0.25, -0.2) is 0 Å². The molecule has 2 aliphatic rings. The Kier molecular flexibility index (Phi) is 6.15. The van der Waals surface area contributed by atoms with E-state index in [1.165, 1.54) is 4.90 Å². The number of amides is 3. The Bertz CT molecular complexity index is 759. The molecule has 2 saturated heterocycles. The van der Waals surface area contributed by atoms with Crippen LogP contribution in [0.1, 0.15) is 30.9 Å². The van der Waals surface area contributed by atoms with E-state index in [0.29, 0.717) is 32.9 Å². The predicted molar refractivity (Wildman–Crippen MR) is 103 cm³/mol. The number of carbonyl (C=O) groups is 3. The lowest BCUT2D eigenvalue weighted by Crippen LogP contribution is -2.45. The van der Waals surface area contributed by atoms with Crippen LogP contribution < -0.4 is 0 Å². The number of rotatable bonds is 6. The fourth-order valence-corrected chi connectivity index (χ4v) is 4.12. The van der Waals surface area contributed by atoms with Gasteiger partial charge in [0.1, 0.15) is 0 Å². The zero-order valence-corrected chi connectivity index (χ0v) is 16.8. The molecule has 2 fully saturated rings. The molecule has 152 valence electrons. The quantitative estimate of drug-likeness (QED) is 0.686. The van der Waals surface area contributed by atoms with E-state index in [4.69, 9.17) is 9.47 Å². The molecular weight excluding hydrogens is 360 g/mol. The van der Waals surface area contributed by atoms with Crippen molar-refractivity contribution in [3.8, 4) is 0 Å². The van der Waals surface area contributed by atoms with Crippen molar-refractivity contribution in [1.29, 1.82) is 0 Å². The second kappa shape index (κ2) is 8.41. The van der Waals surface area contributed by atoms with E-state index in [-0.39, 0.29) is 36.7 Å². The normalized spacial score (nSPS) is 25.2. The number of hydrogen-bond acceptors (Lipinski definition) is 5. The van der Waals surface area contributed by atoms with Gasteiger partial charge in [0.25, 0.3) is 0 Å². The van der Waals surface area contributed by atoms with E-state index >= 15 is 0 Å². The molecule has 2 unspecified atom stereocenters. The summed E-state index contributed by atoms with van der Waals surface area (Å²) in [6.07, 6.45) is -0.193. The molecule has 28 heavy (non-hydrogen) atoms. The van der Waals surface area contributed by atoms with Gasteiger partial charge in [-0.1, -0.05) is 24.3 Å². The Morgan fingerprint density at radius 3 is 2.64 bits per heavy atom. The number of nitrogens with zero attached hydrogens (tertiary/aromatic N) is 2. The van der Waals surface area contributed by atoms with Crippen LogP contribution in [0.4, 0.5) is 0 Å². The summed E-state index contributed by atoms with van der Waals surface area (Å²) in [4.78, 5) is 41.7. The van der Waals surface area contributed by atoms with Crippen molar-refractivity contribution in [2.75, 3.05) is 40.0 Å². The Hall–Kier alpha value is -2.25. The third-order valence-electron chi connectivity index (χ3n) is 5.63. The summed E-state index contributed by atoms with van der Waals surface area (Å²) >= 11 is 0. The second-order valence-corrected chi connectivity index (χ2v) is 7.54. The van der Waals surface area contributed by atoms with Crippen LogP contribution in [-0.2, 0) is 29.3 Å². The lowest BCUT2D eigenvalue weighted by atomic mass is 9.74. The summed E-state index contributed by atoms with van der Waals surface area (Å²) in [5, 5.41) is 0. The summed E-state index contributed by atoms with van der Waals surface area (Å²) in [6, 6.07) is 7.49. The molecule has 7 heteroatoms. The summed E-state index contributed by atoms with van der Waals surface area (Å²) < 4.78 is 11.0. The highest BCUT2D eigenvalue weighted by molar-refractivity contribution is 6.10. The van der Waals surface area contributed by atoms with Crippen molar-refractivity contribution in [3.63, 3.8) is 0 Å². The maximum Gasteiger partial charge on any atom is 0.240 e. The first-order valence-electron chi connectivity index (χ1n) is 9.73. The summed E-state index contributed by atoms with van der Waals surface area (Å²) in [5.41, 5.74) is 0.512. The fraction of sp³-hybridized carbons (Fsp3) is 0.571. The topological polar surface area (TPSA) is 76.2 Å². The van der Waals surface area contributed by atoms with Gasteiger partial charge in [0.15, 0.2) is 0 Å². The van der Waals surface area contributed by atoms with Crippen molar-refractivity contribution >= 4 is 17.7 Å². The Morgan fingerprint density at radius 1 is 1.29 bits per heavy atom. The first-order chi connectivity index (χ1) is 13.4. The number of benzene rings is 1. The molecule has 2 atom stereocenters. The van der Waals surface area contributed by atoms with Crippen LogP contribution in [0.2, 0.25) is 0 Å². The van der Waals surface area contributed by atoms with Crippen LogP contribution in [0.15, 0.2) is 24.3 Å². The van der Waals surface area contributed by atoms with Crippen LogP contribution in [0, 0.1) is 6.92 Å². The van der Waals surface area contributed by atoms with Gasteiger partial charge in [-0.15, -0.1) is 0 Å². The molecule has 0 N–H and O–H groups in total. The molecule has 7 nitrogen and oxygen atoms in total. The molecule has 0 aromatic heterocycles. The highest BCUT2D eigenvalue weighted by atomic mass is 16.6. The zero-order valence-electron chi connectivity index (χ0n) is 16.8. The number of likely N-dealkylation sites (tertiary alicyclic amines) is 1. The molecule has 1 aromatic carbocycles. The molecule has 1 aromatic rings.